The molecule has 0 amide bonds. The fraction of sp³-hybridized carbons (Fsp3) is 0.917. The summed E-state index contributed by atoms with van der Waals surface area (Å²) in [5.74, 6) is -0.116. The minimum absolute atomic E-state index is 0.0366. The van der Waals surface area contributed by atoms with Crippen LogP contribution in [-0.4, -0.2) is 57.9 Å². The molecule has 0 spiro atoms. The smallest absolute Gasteiger partial charge is 0.334 e. The van der Waals surface area contributed by atoms with Crippen molar-refractivity contribution in [1.29, 1.82) is 0 Å². The zero-order chi connectivity index (χ0) is 30.4. The van der Waals surface area contributed by atoms with E-state index in [4.69, 9.17) is 9.47 Å². The Morgan fingerprint density at radius 1 is 0.714 bits per heavy atom. The minimum Gasteiger partial charge on any atom is -0.455 e. The summed E-state index contributed by atoms with van der Waals surface area (Å²) in [6, 6.07) is 0. The van der Waals surface area contributed by atoms with Crippen molar-refractivity contribution in [3.63, 3.8) is 0 Å². The molecule has 1 fully saturated rings. The molecule has 2 heterocycles. The van der Waals surface area contributed by atoms with Crippen LogP contribution >= 0.6 is 0 Å². The van der Waals surface area contributed by atoms with E-state index in [2.05, 4.69) is 6.92 Å². The number of cyclic esters (lactones) is 1. The largest absolute Gasteiger partial charge is 0.455 e. The molecule has 0 bridgehead atoms. The van der Waals surface area contributed by atoms with E-state index >= 15 is 0 Å². The highest BCUT2D eigenvalue weighted by Gasteiger charge is 2.30. The number of carbonyl (C=O) groups excluding carboxylic acids is 1. The third-order valence-corrected chi connectivity index (χ3v) is 9.33. The van der Waals surface area contributed by atoms with Crippen LogP contribution in [0.5, 0.6) is 0 Å². The van der Waals surface area contributed by atoms with Crippen LogP contribution in [0.3, 0.4) is 0 Å². The fourth-order valence-electron chi connectivity index (χ4n) is 6.56. The summed E-state index contributed by atoms with van der Waals surface area (Å²) >= 11 is 0. The second kappa shape index (κ2) is 23.4. The Hall–Kier alpha value is -0.950. The van der Waals surface area contributed by atoms with Crippen molar-refractivity contribution in [1.82, 2.24) is 0 Å². The van der Waals surface area contributed by atoms with E-state index in [1.165, 1.54) is 83.5 Å². The van der Waals surface area contributed by atoms with E-state index in [9.17, 15) is 20.1 Å². The molecule has 0 radical (unpaired) electrons. The Labute approximate surface area is 258 Å². The van der Waals surface area contributed by atoms with Gasteiger partial charge in [0.25, 0.3) is 0 Å². The van der Waals surface area contributed by atoms with Gasteiger partial charge in [0, 0.05) is 5.57 Å². The molecule has 42 heavy (non-hydrogen) atoms. The lowest BCUT2D eigenvalue weighted by atomic mass is 9.98. The maximum atomic E-state index is 11.6. The number of hydrogen-bond acceptors (Lipinski definition) is 6. The number of esters is 1. The normalized spacial score (nSPS) is 22.7. The average Bonchev–Trinajstić information content (AvgIpc) is 3.58. The molecule has 0 aromatic carbocycles. The van der Waals surface area contributed by atoms with Crippen molar-refractivity contribution < 1.29 is 29.6 Å². The number of unbranched alkanes of at least 4 members (excludes halogenated alkanes) is 15. The molecule has 6 heteroatoms. The Balaban J connectivity index is 1.35. The lowest BCUT2D eigenvalue weighted by Gasteiger charge is -2.20. The van der Waals surface area contributed by atoms with E-state index in [0.717, 1.165) is 63.4 Å². The van der Waals surface area contributed by atoms with E-state index in [-0.39, 0.29) is 18.2 Å². The van der Waals surface area contributed by atoms with Crippen molar-refractivity contribution in [2.75, 3.05) is 0 Å². The van der Waals surface area contributed by atoms with E-state index in [0.29, 0.717) is 25.4 Å². The molecule has 246 valence electrons. The zero-order valence-corrected chi connectivity index (χ0v) is 27.3. The molecule has 2 rings (SSSR count). The van der Waals surface area contributed by atoms with Gasteiger partial charge in [-0.25, -0.2) is 4.79 Å². The summed E-state index contributed by atoms with van der Waals surface area (Å²) < 4.78 is 11.3. The number of aliphatic hydroxyl groups excluding tert-OH is 3. The summed E-state index contributed by atoms with van der Waals surface area (Å²) in [6.07, 6.45) is 27.9. The van der Waals surface area contributed by atoms with E-state index in [1.807, 2.05) is 13.0 Å². The number of hydrogen-bond donors (Lipinski definition) is 3. The van der Waals surface area contributed by atoms with Crippen molar-refractivity contribution in [3.05, 3.63) is 11.6 Å². The van der Waals surface area contributed by atoms with E-state index < -0.39 is 18.3 Å². The number of rotatable bonds is 27. The molecule has 6 nitrogen and oxygen atoms in total. The Morgan fingerprint density at radius 2 is 1.24 bits per heavy atom. The predicted molar refractivity (Wildman–Crippen MR) is 171 cm³/mol. The van der Waals surface area contributed by atoms with Gasteiger partial charge < -0.3 is 24.8 Å². The molecule has 0 saturated carbocycles. The van der Waals surface area contributed by atoms with Gasteiger partial charge in [-0.2, -0.15) is 0 Å². The minimum atomic E-state index is -0.645. The standard InChI is InChI=1S/C36H66O6/c1-3-4-5-6-15-18-23-32(37)33(38)24-19-20-25-34(39)35-27-26-31(42-35)22-17-14-12-10-8-7-9-11-13-16-21-30-28-29(2)41-36(30)40/h28-29,31-35,37-39H,3-27H2,1-2H3/t29-,31-,32-,33+,34+,35+/m0/s1. The van der Waals surface area contributed by atoms with Gasteiger partial charge in [-0.05, 0) is 64.4 Å². The van der Waals surface area contributed by atoms with Crippen LogP contribution in [-0.2, 0) is 14.3 Å². The SMILES string of the molecule is CCCCCCCC[C@H](O)[C@H](O)CCCC[C@@H](O)[C@H]1CC[C@H](CCCCCCCCCCCCC2=C[C@H](C)OC2=O)O1. The van der Waals surface area contributed by atoms with Crippen LogP contribution in [0, 0.1) is 0 Å². The van der Waals surface area contributed by atoms with E-state index in [1.54, 1.807) is 0 Å². The number of ether oxygens (including phenoxy) is 2. The lowest BCUT2D eigenvalue weighted by molar-refractivity contribution is -0.139. The van der Waals surface area contributed by atoms with Crippen molar-refractivity contribution in [2.45, 2.75) is 211 Å². The summed E-state index contributed by atoms with van der Waals surface area (Å²) in [4.78, 5) is 11.6. The van der Waals surface area contributed by atoms with Gasteiger partial charge in [-0.3, -0.25) is 0 Å². The quantitative estimate of drug-likeness (QED) is 0.0652. The summed E-state index contributed by atoms with van der Waals surface area (Å²) in [7, 11) is 0. The number of carbonyl (C=O) groups is 1. The Kier molecular flexibility index (Phi) is 20.8. The maximum absolute atomic E-state index is 11.6. The highest BCUT2D eigenvalue weighted by molar-refractivity contribution is 5.90. The van der Waals surface area contributed by atoms with Gasteiger partial charge in [0.15, 0.2) is 0 Å². The molecule has 1 saturated heterocycles. The third-order valence-electron chi connectivity index (χ3n) is 9.33. The molecule has 2 aliphatic heterocycles. The van der Waals surface area contributed by atoms with Gasteiger partial charge in [0.1, 0.15) is 6.10 Å². The molecule has 0 aromatic rings. The lowest BCUT2D eigenvalue weighted by Crippen LogP contribution is -2.27. The predicted octanol–water partition coefficient (Wildman–Crippen LogP) is 8.48. The Bertz CT molecular complexity index is 709. The first-order valence-corrected chi connectivity index (χ1v) is 18.0. The summed E-state index contributed by atoms with van der Waals surface area (Å²) in [6.45, 7) is 4.13. The van der Waals surface area contributed by atoms with Crippen LogP contribution in [0.1, 0.15) is 174 Å². The average molecular weight is 595 g/mol. The molecule has 0 aromatic heterocycles. The van der Waals surface area contributed by atoms with Crippen LogP contribution < -0.4 is 0 Å². The van der Waals surface area contributed by atoms with Crippen molar-refractivity contribution in [2.24, 2.45) is 0 Å². The van der Waals surface area contributed by atoms with Gasteiger partial charge >= 0.3 is 5.97 Å². The van der Waals surface area contributed by atoms with Crippen molar-refractivity contribution >= 4 is 5.97 Å². The van der Waals surface area contributed by atoms with Crippen LogP contribution in [0.2, 0.25) is 0 Å². The highest BCUT2D eigenvalue weighted by Crippen LogP contribution is 2.28. The van der Waals surface area contributed by atoms with Crippen LogP contribution in [0.25, 0.3) is 0 Å². The second-order valence-electron chi connectivity index (χ2n) is 13.3. The topological polar surface area (TPSA) is 96.2 Å². The number of aliphatic hydroxyl groups is 3. The Morgan fingerprint density at radius 3 is 1.83 bits per heavy atom. The zero-order valence-electron chi connectivity index (χ0n) is 27.3. The van der Waals surface area contributed by atoms with Gasteiger partial charge in [0.05, 0.1) is 30.5 Å². The molecule has 3 N–H and O–H groups in total. The molecule has 0 aliphatic carbocycles. The van der Waals surface area contributed by atoms with Gasteiger partial charge in [-0.1, -0.05) is 116 Å². The van der Waals surface area contributed by atoms with Gasteiger partial charge in [0.2, 0.25) is 0 Å². The fourth-order valence-corrected chi connectivity index (χ4v) is 6.56. The molecule has 0 unspecified atom stereocenters. The molecular weight excluding hydrogens is 528 g/mol. The molecule has 2 aliphatic rings. The highest BCUT2D eigenvalue weighted by atomic mass is 16.5. The second-order valence-corrected chi connectivity index (χ2v) is 13.3. The molecule has 6 atom stereocenters. The van der Waals surface area contributed by atoms with Crippen molar-refractivity contribution in [3.8, 4) is 0 Å². The maximum Gasteiger partial charge on any atom is 0.334 e. The first kappa shape index (κ1) is 37.2. The first-order valence-electron chi connectivity index (χ1n) is 18.0. The third kappa shape index (κ3) is 16.8. The monoisotopic (exact) mass is 594 g/mol. The van der Waals surface area contributed by atoms with Crippen LogP contribution in [0.4, 0.5) is 0 Å². The summed E-state index contributed by atoms with van der Waals surface area (Å²) in [5.41, 5.74) is 0.871. The summed E-state index contributed by atoms with van der Waals surface area (Å²) in [5, 5.41) is 31.1. The molecular formula is C36H66O6. The van der Waals surface area contributed by atoms with Crippen LogP contribution in [0.15, 0.2) is 11.6 Å². The first-order chi connectivity index (χ1) is 20.4. The van der Waals surface area contributed by atoms with Gasteiger partial charge in [-0.15, -0.1) is 0 Å².